The summed E-state index contributed by atoms with van der Waals surface area (Å²) in [6, 6.07) is 11.0. The van der Waals surface area contributed by atoms with Crippen LogP contribution >= 0.6 is 0 Å². The molecule has 1 aromatic carbocycles. The minimum absolute atomic E-state index is 0.0808. The monoisotopic (exact) mass is 389 g/mol. The van der Waals surface area contributed by atoms with Gasteiger partial charge in [-0.15, -0.1) is 0 Å². The second-order valence-corrected chi connectivity index (χ2v) is 7.10. The van der Waals surface area contributed by atoms with E-state index in [1.165, 1.54) is 6.07 Å². The summed E-state index contributed by atoms with van der Waals surface area (Å²) in [6.45, 7) is 6.43. The van der Waals surface area contributed by atoms with Gasteiger partial charge in [-0.1, -0.05) is 12.1 Å². The molecule has 7 heteroatoms. The van der Waals surface area contributed by atoms with Gasteiger partial charge < -0.3 is 9.88 Å². The standard InChI is InChI=1S/C22H23N5O2/c1-4-26-13-16(9-12-21(26)29)24-20(28)11-10-17-14(2)23-22-18-7-5-6-8-19(18)25-27(22)15(17)3/h5-9,12-13H,4,10-11H2,1-3H3,(H,24,28). The first kappa shape index (κ1) is 18.9. The summed E-state index contributed by atoms with van der Waals surface area (Å²) < 4.78 is 3.42. The highest BCUT2D eigenvalue weighted by atomic mass is 16.1. The predicted molar refractivity (Wildman–Crippen MR) is 113 cm³/mol. The number of nitrogens with zero attached hydrogens (tertiary/aromatic N) is 4. The summed E-state index contributed by atoms with van der Waals surface area (Å²) in [4.78, 5) is 28.9. The van der Waals surface area contributed by atoms with Crippen LogP contribution in [-0.4, -0.2) is 25.1 Å². The van der Waals surface area contributed by atoms with Crippen LogP contribution in [0.4, 0.5) is 5.69 Å². The molecule has 0 unspecified atom stereocenters. The van der Waals surface area contributed by atoms with Crippen LogP contribution in [0.5, 0.6) is 0 Å². The van der Waals surface area contributed by atoms with E-state index in [0.717, 1.165) is 33.5 Å². The summed E-state index contributed by atoms with van der Waals surface area (Å²) in [6.07, 6.45) is 2.55. The van der Waals surface area contributed by atoms with Gasteiger partial charge in [-0.3, -0.25) is 9.59 Å². The maximum Gasteiger partial charge on any atom is 0.250 e. The number of amides is 1. The third-order valence-corrected chi connectivity index (χ3v) is 5.23. The van der Waals surface area contributed by atoms with E-state index in [-0.39, 0.29) is 11.5 Å². The number of aromatic nitrogens is 4. The fourth-order valence-electron chi connectivity index (χ4n) is 3.65. The SMILES string of the molecule is CCn1cc(NC(=O)CCc2c(C)nc3c4ccccc4nn3c2C)ccc1=O. The number of hydrogen-bond acceptors (Lipinski definition) is 4. The van der Waals surface area contributed by atoms with Crippen LogP contribution in [0.15, 0.2) is 47.4 Å². The van der Waals surface area contributed by atoms with Crippen molar-refractivity contribution >= 4 is 28.1 Å². The first-order chi connectivity index (χ1) is 14.0. The Kier molecular flexibility index (Phi) is 4.88. The molecule has 1 amide bonds. The minimum Gasteiger partial charge on any atom is -0.325 e. The topological polar surface area (TPSA) is 81.3 Å². The largest absolute Gasteiger partial charge is 0.325 e. The number of benzene rings is 1. The van der Waals surface area contributed by atoms with Crippen molar-refractivity contribution in [2.45, 2.75) is 40.2 Å². The summed E-state index contributed by atoms with van der Waals surface area (Å²) >= 11 is 0. The highest BCUT2D eigenvalue weighted by Gasteiger charge is 2.15. The highest BCUT2D eigenvalue weighted by molar-refractivity contribution is 5.92. The summed E-state index contributed by atoms with van der Waals surface area (Å²) in [5, 5.41) is 8.55. The number of carbonyl (C=O) groups excluding carboxylic acids is 1. The number of fused-ring (bicyclic) bond motifs is 3. The lowest BCUT2D eigenvalue weighted by Gasteiger charge is -2.12. The molecule has 4 aromatic rings. The molecule has 7 nitrogen and oxygen atoms in total. The number of hydrogen-bond donors (Lipinski definition) is 1. The molecule has 0 atom stereocenters. The molecular formula is C22H23N5O2. The van der Waals surface area contributed by atoms with Crippen molar-refractivity contribution in [1.82, 2.24) is 19.2 Å². The van der Waals surface area contributed by atoms with Crippen molar-refractivity contribution in [3.63, 3.8) is 0 Å². The van der Waals surface area contributed by atoms with Crippen molar-refractivity contribution in [3.8, 4) is 0 Å². The van der Waals surface area contributed by atoms with Crippen molar-refractivity contribution < 1.29 is 4.79 Å². The van der Waals surface area contributed by atoms with Crippen LogP contribution in [-0.2, 0) is 17.8 Å². The number of aryl methyl sites for hydroxylation is 3. The van der Waals surface area contributed by atoms with Gasteiger partial charge in [0.05, 0.1) is 11.2 Å². The number of nitrogens with one attached hydrogen (secondary N) is 1. The number of carbonyl (C=O) groups is 1. The Morgan fingerprint density at radius 2 is 1.93 bits per heavy atom. The molecule has 3 heterocycles. The Labute approximate surface area is 168 Å². The second-order valence-electron chi connectivity index (χ2n) is 7.10. The van der Waals surface area contributed by atoms with Gasteiger partial charge in [0.25, 0.3) is 5.56 Å². The van der Waals surface area contributed by atoms with E-state index in [2.05, 4.69) is 10.4 Å². The van der Waals surface area contributed by atoms with Gasteiger partial charge in [-0.2, -0.15) is 5.10 Å². The van der Waals surface area contributed by atoms with E-state index in [9.17, 15) is 9.59 Å². The van der Waals surface area contributed by atoms with E-state index >= 15 is 0 Å². The molecule has 0 aliphatic rings. The molecule has 0 saturated carbocycles. The number of pyridine rings is 1. The molecule has 3 aromatic heterocycles. The molecule has 0 saturated heterocycles. The third kappa shape index (κ3) is 3.51. The Hall–Kier alpha value is -3.48. The molecule has 29 heavy (non-hydrogen) atoms. The van der Waals surface area contributed by atoms with Crippen LogP contribution in [0.2, 0.25) is 0 Å². The number of anilines is 1. The molecule has 148 valence electrons. The maximum absolute atomic E-state index is 12.5. The Morgan fingerprint density at radius 3 is 2.72 bits per heavy atom. The van der Waals surface area contributed by atoms with Gasteiger partial charge in [0.15, 0.2) is 5.65 Å². The van der Waals surface area contributed by atoms with Gasteiger partial charge in [-0.25, -0.2) is 9.50 Å². The lowest BCUT2D eigenvalue weighted by Crippen LogP contribution is -2.20. The molecule has 0 aliphatic heterocycles. The van der Waals surface area contributed by atoms with Crippen LogP contribution in [0.1, 0.15) is 30.3 Å². The quantitative estimate of drug-likeness (QED) is 0.568. The summed E-state index contributed by atoms with van der Waals surface area (Å²) in [5.41, 5.74) is 5.22. The van der Waals surface area contributed by atoms with Gasteiger partial charge in [0.1, 0.15) is 0 Å². The summed E-state index contributed by atoms with van der Waals surface area (Å²) in [5.74, 6) is -0.101. The minimum atomic E-state index is -0.101. The lowest BCUT2D eigenvalue weighted by atomic mass is 10.1. The fraction of sp³-hybridized carbons (Fsp3) is 0.273. The molecule has 0 fully saturated rings. The molecule has 1 N–H and O–H groups in total. The number of rotatable bonds is 5. The second kappa shape index (κ2) is 7.50. The van der Waals surface area contributed by atoms with Crippen LogP contribution in [0.25, 0.3) is 16.6 Å². The average molecular weight is 389 g/mol. The van der Waals surface area contributed by atoms with E-state index in [0.29, 0.717) is 25.1 Å². The third-order valence-electron chi connectivity index (χ3n) is 5.23. The lowest BCUT2D eigenvalue weighted by molar-refractivity contribution is -0.116. The molecule has 4 rings (SSSR count). The van der Waals surface area contributed by atoms with Crippen LogP contribution in [0, 0.1) is 13.8 Å². The molecular weight excluding hydrogens is 366 g/mol. The zero-order valence-electron chi connectivity index (χ0n) is 16.8. The molecule has 0 aliphatic carbocycles. The molecule has 0 bridgehead atoms. The maximum atomic E-state index is 12.5. The van der Waals surface area contributed by atoms with Crippen LogP contribution in [0.3, 0.4) is 0 Å². The fourth-order valence-corrected chi connectivity index (χ4v) is 3.65. The van der Waals surface area contributed by atoms with E-state index < -0.39 is 0 Å². The van der Waals surface area contributed by atoms with Gasteiger partial charge >= 0.3 is 0 Å². The average Bonchev–Trinajstić information content (AvgIpc) is 3.08. The Morgan fingerprint density at radius 1 is 1.14 bits per heavy atom. The van der Waals surface area contributed by atoms with E-state index in [1.807, 2.05) is 49.6 Å². The molecule has 0 radical (unpaired) electrons. The highest BCUT2D eigenvalue weighted by Crippen LogP contribution is 2.23. The normalized spacial score (nSPS) is 11.3. The van der Waals surface area contributed by atoms with E-state index in [1.54, 1.807) is 16.8 Å². The van der Waals surface area contributed by atoms with Crippen molar-refractivity contribution in [1.29, 1.82) is 0 Å². The molecule has 0 spiro atoms. The first-order valence-corrected chi connectivity index (χ1v) is 9.72. The van der Waals surface area contributed by atoms with Crippen molar-refractivity contribution in [2.75, 3.05) is 5.32 Å². The van der Waals surface area contributed by atoms with Gasteiger partial charge in [-0.05, 0) is 51.0 Å². The zero-order valence-corrected chi connectivity index (χ0v) is 16.8. The van der Waals surface area contributed by atoms with Gasteiger partial charge in [0.2, 0.25) is 5.91 Å². The van der Waals surface area contributed by atoms with E-state index in [4.69, 9.17) is 4.98 Å². The van der Waals surface area contributed by atoms with Crippen molar-refractivity contribution in [3.05, 3.63) is 69.9 Å². The predicted octanol–water partition coefficient (Wildman–Crippen LogP) is 3.25. The Bertz CT molecular complexity index is 1290. The van der Waals surface area contributed by atoms with Crippen LogP contribution < -0.4 is 10.9 Å². The smallest absolute Gasteiger partial charge is 0.250 e. The van der Waals surface area contributed by atoms with Crippen molar-refractivity contribution in [2.24, 2.45) is 0 Å². The summed E-state index contributed by atoms with van der Waals surface area (Å²) in [7, 11) is 0. The zero-order chi connectivity index (χ0) is 20.5. The Balaban J connectivity index is 1.55. The first-order valence-electron chi connectivity index (χ1n) is 9.72. The van der Waals surface area contributed by atoms with Gasteiger partial charge in [0, 0.05) is 42.0 Å².